The lowest BCUT2D eigenvalue weighted by Crippen LogP contribution is -2.07. The second-order valence-corrected chi connectivity index (χ2v) is 4.76. The van der Waals surface area contributed by atoms with Crippen LogP contribution < -0.4 is 0 Å². The molecule has 2 rings (SSSR count). The first-order valence-electron chi connectivity index (χ1n) is 5.81. The number of Topliss-reactive ketones (excluding diaryl/α,β-unsaturated/α-hetero) is 1. The number of rotatable bonds is 4. The zero-order chi connectivity index (χ0) is 13.0. The summed E-state index contributed by atoms with van der Waals surface area (Å²) in [6.45, 7) is 2.02. The Morgan fingerprint density at radius 2 is 2.11 bits per heavy atom. The van der Waals surface area contributed by atoms with Crippen molar-refractivity contribution >= 4 is 17.4 Å². The first kappa shape index (κ1) is 12.8. The number of pyridine rings is 1. The van der Waals surface area contributed by atoms with Crippen LogP contribution in [0.2, 0.25) is 5.02 Å². The molecule has 0 atom stereocenters. The number of aromatic nitrogens is 1. The number of carbonyl (C=O) groups excluding carboxylic acids is 1. The highest BCUT2D eigenvalue weighted by Gasteiger charge is 2.08. The number of aryl methyl sites for hydroxylation is 1. The molecular formula is C15H14ClNO. The first-order valence-corrected chi connectivity index (χ1v) is 6.18. The molecule has 0 bridgehead atoms. The number of carbonyl (C=O) groups is 1. The van der Waals surface area contributed by atoms with Crippen molar-refractivity contribution in [1.29, 1.82) is 0 Å². The van der Waals surface area contributed by atoms with E-state index in [1.807, 2.05) is 31.2 Å². The number of ketones is 1. The van der Waals surface area contributed by atoms with Gasteiger partial charge in [0.25, 0.3) is 0 Å². The van der Waals surface area contributed by atoms with Crippen molar-refractivity contribution in [3.63, 3.8) is 0 Å². The molecule has 0 saturated heterocycles. The first-order chi connectivity index (χ1) is 8.65. The van der Waals surface area contributed by atoms with E-state index in [4.69, 9.17) is 11.6 Å². The number of halogens is 1. The summed E-state index contributed by atoms with van der Waals surface area (Å²) >= 11 is 5.98. The van der Waals surface area contributed by atoms with Crippen molar-refractivity contribution in [3.8, 4) is 0 Å². The summed E-state index contributed by atoms with van der Waals surface area (Å²) in [5.41, 5.74) is 3.05. The van der Waals surface area contributed by atoms with Crippen molar-refractivity contribution in [2.75, 3.05) is 0 Å². The highest BCUT2D eigenvalue weighted by atomic mass is 35.5. The molecule has 18 heavy (non-hydrogen) atoms. The van der Waals surface area contributed by atoms with Gasteiger partial charge in [-0.2, -0.15) is 0 Å². The minimum atomic E-state index is 0.161. The predicted molar refractivity (Wildman–Crippen MR) is 72.8 cm³/mol. The molecule has 0 aliphatic rings. The van der Waals surface area contributed by atoms with E-state index in [1.54, 1.807) is 18.5 Å². The van der Waals surface area contributed by atoms with Crippen LogP contribution in [0.1, 0.15) is 16.7 Å². The van der Waals surface area contributed by atoms with Gasteiger partial charge in [-0.3, -0.25) is 9.78 Å². The minimum Gasteiger partial charge on any atom is -0.299 e. The Morgan fingerprint density at radius 1 is 1.28 bits per heavy atom. The van der Waals surface area contributed by atoms with Crippen molar-refractivity contribution in [2.24, 2.45) is 0 Å². The molecule has 0 fully saturated rings. The lowest BCUT2D eigenvalue weighted by molar-refractivity contribution is -0.117. The summed E-state index contributed by atoms with van der Waals surface area (Å²) in [5.74, 6) is 0.161. The Morgan fingerprint density at radius 3 is 2.83 bits per heavy atom. The van der Waals surface area contributed by atoms with Gasteiger partial charge in [0.1, 0.15) is 5.78 Å². The largest absolute Gasteiger partial charge is 0.299 e. The summed E-state index contributed by atoms with van der Waals surface area (Å²) in [7, 11) is 0. The molecule has 2 aromatic rings. The Balaban J connectivity index is 2.03. The molecule has 2 nitrogen and oxygen atoms in total. The van der Waals surface area contributed by atoms with E-state index in [9.17, 15) is 4.79 Å². The lowest BCUT2D eigenvalue weighted by atomic mass is 10.0. The van der Waals surface area contributed by atoms with Crippen LogP contribution in [-0.4, -0.2) is 10.8 Å². The van der Waals surface area contributed by atoms with Gasteiger partial charge in [0.05, 0.1) is 5.02 Å². The molecule has 0 aliphatic carbocycles. The molecule has 1 aromatic carbocycles. The molecular weight excluding hydrogens is 246 g/mol. The van der Waals surface area contributed by atoms with Crippen LogP contribution in [0.15, 0.2) is 42.7 Å². The van der Waals surface area contributed by atoms with Crippen molar-refractivity contribution in [3.05, 3.63) is 64.4 Å². The molecule has 0 radical (unpaired) electrons. The van der Waals surface area contributed by atoms with Crippen molar-refractivity contribution in [2.45, 2.75) is 19.8 Å². The molecule has 0 amide bonds. The summed E-state index contributed by atoms with van der Waals surface area (Å²) in [6, 6.07) is 9.78. The predicted octanol–water partition coefficient (Wildman–Crippen LogP) is 3.40. The third-order valence-corrected chi connectivity index (χ3v) is 3.07. The van der Waals surface area contributed by atoms with Gasteiger partial charge in [0.15, 0.2) is 0 Å². The van der Waals surface area contributed by atoms with E-state index in [1.165, 1.54) is 5.56 Å². The normalized spacial score (nSPS) is 10.3. The van der Waals surface area contributed by atoms with Gasteiger partial charge in [-0.25, -0.2) is 0 Å². The summed E-state index contributed by atoms with van der Waals surface area (Å²) < 4.78 is 0. The standard InChI is InChI=1S/C15H14ClNO/c1-11-3-2-4-12(7-11)8-14(18)9-13-5-6-17-10-15(13)16/h2-7,10H,8-9H2,1H3. The summed E-state index contributed by atoms with van der Waals surface area (Å²) in [4.78, 5) is 15.9. The van der Waals surface area contributed by atoms with Crippen LogP contribution in [0.4, 0.5) is 0 Å². The molecule has 92 valence electrons. The average molecular weight is 260 g/mol. The second kappa shape index (κ2) is 5.78. The molecule has 0 unspecified atom stereocenters. The number of hydrogen-bond acceptors (Lipinski definition) is 2. The SMILES string of the molecule is Cc1cccc(CC(=O)Cc2ccncc2Cl)c1. The summed E-state index contributed by atoms with van der Waals surface area (Å²) in [6.07, 6.45) is 4.02. The van der Waals surface area contributed by atoms with E-state index in [0.717, 1.165) is 11.1 Å². The Hall–Kier alpha value is -1.67. The lowest BCUT2D eigenvalue weighted by Gasteiger charge is -2.04. The van der Waals surface area contributed by atoms with Crippen LogP contribution in [0, 0.1) is 6.92 Å². The van der Waals surface area contributed by atoms with Crippen LogP contribution >= 0.6 is 11.6 Å². The fourth-order valence-corrected chi connectivity index (χ4v) is 2.06. The van der Waals surface area contributed by atoms with Gasteiger partial charge < -0.3 is 0 Å². The zero-order valence-electron chi connectivity index (χ0n) is 10.2. The highest BCUT2D eigenvalue weighted by Crippen LogP contribution is 2.15. The highest BCUT2D eigenvalue weighted by molar-refractivity contribution is 6.31. The molecule has 1 heterocycles. The molecule has 0 aliphatic heterocycles. The maximum atomic E-state index is 12.0. The quantitative estimate of drug-likeness (QED) is 0.842. The third kappa shape index (κ3) is 3.41. The molecule has 1 aromatic heterocycles. The number of benzene rings is 1. The topological polar surface area (TPSA) is 30.0 Å². The van der Waals surface area contributed by atoms with Gasteiger partial charge in [0, 0.05) is 25.2 Å². The number of hydrogen-bond donors (Lipinski definition) is 0. The van der Waals surface area contributed by atoms with Crippen LogP contribution in [0.3, 0.4) is 0 Å². The van der Waals surface area contributed by atoms with E-state index in [-0.39, 0.29) is 5.78 Å². The van der Waals surface area contributed by atoms with E-state index < -0.39 is 0 Å². The maximum absolute atomic E-state index is 12.0. The van der Waals surface area contributed by atoms with Crippen molar-refractivity contribution in [1.82, 2.24) is 4.98 Å². The van der Waals surface area contributed by atoms with Crippen LogP contribution in [0.25, 0.3) is 0 Å². The molecule has 0 N–H and O–H groups in total. The van der Waals surface area contributed by atoms with Crippen LogP contribution in [-0.2, 0) is 17.6 Å². The third-order valence-electron chi connectivity index (χ3n) is 2.73. The molecule has 3 heteroatoms. The fraction of sp³-hybridized carbons (Fsp3) is 0.200. The van der Waals surface area contributed by atoms with Crippen LogP contribution in [0.5, 0.6) is 0 Å². The maximum Gasteiger partial charge on any atom is 0.141 e. The Kier molecular flexibility index (Phi) is 4.11. The zero-order valence-corrected chi connectivity index (χ0v) is 10.9. The van der Waals surface area contributed by atoms with E-state index >= 15 is 0 Å². The minimum absolute atomic E-state index is 0.161. The van der Waals surface area contributed by atoms with Gasteiger partial charge in [-0.05, 0) is 24.1 Å². The van der Waals surface area contributed by atoms with E-state index in [2.05, 4.69) is 4.98 Å². The van der Waals surface area contributed by atoms with Crippen molar-refractivity contribution < 1.29 is 4.79 Å². The van der Waals surface area contributed by atoms with Gasteiger partial charge >= 0.3 is 0 Å². The van der Waals surface area contributed by atoms with Gasteiger partial charge in [-0.1, -0.05) is 41.4 Å². The average Bonchev–Trinajstić information content (AvgIpc) is 2.32. The van der Waals surface area contributed by atoms with Gasteiger partial charge in [-0.15, -0.1) is 0 Å². The van der Waals surface area contributed by atoms with E-state index in [0.29, 0.717) is 17.9 Å². The molecule has 0 spiro atoms. The van der Waals surface area contributed by atoms with Gasteiger partial charge in [0.2, 0.25) is 0 Å². The smallest absolute Gasteiger partial charge is 0.141 e. The fourth-order valence-electron chi connectivity index (χ4n) is 1.87. The summed E-state index contributed by atoms with van der Waals surface area (Å²) in [5, 5.41) is 0.551. The Labute approximate surface area is 112 Å². The monoisotopic (exact) mass is 259 g/mol. The molecule has 0 saturated carbocycles. The number of nitrogens with zero attached hydrogens (tertiary/aromatic N) is 1. The second-order valence-electron chi connectivity index (χ2n) is 4.35. The Bertz CT molecular complexity index is 566.